The number of amides is 1. The maximum atomic E-state index is 14.7. The molecule has 2 N–H and O–H groups in total. The lowest BCUT2D eigenvalue weighted by Crippen LogP contribution is -2.60. The first-order valence-corrected chi connectivity index (χ1v) is 12.3. The van der Waals surface area contributed by atoms with Crippen molar-refractivity contribution in [2.45, 2.75) is 44.1 Å². The van der Waals surface area contributed by atoms with Gasteiger partial charge in [-0.05, 0) is 56.9 Å². The number of hydrogen-bond acceptors (Lipinski definition) is 4. The highest BCUT2D eigenvalue weighted by Gasteiger charge is 2.61. The number of benzene rings is 1. The molecular weight excluding hydrogens is 472 g/mol. The van der Waals surface area contributed by atoms with E-state index in [0.29, 0.717) is 41.0 Å². The average molecular weight is 503 g/mol. The molecule has 192 valence electrons. The van der Waals surface area contributed by atoms with Gasteiger partial charge < -0.3 is 15.5 Å². The molecule has 6 rings (SSSR count). The lowest BCUT2D eigenvalue weighted by Gasteiger charge is -2.60. The minimum absolute atomic E-state index is 0.0395. The molecule has 1 aromatic heterocycles. The highest BCUT2D eigenvalue weighted by Crippen LogP contribution is 2.64. The molecule has 2 heterocycles. The zero-order chi connectivity index (χ0) is 25.7. The lowest BCUT2D eigenvalue weighted by atomic mass is 9.44. The summed E-state index contributed by atoms with van der Waals surface area (Å²) in [7, 11) is 1.86. The molecule has 0 unspecified atom stereocenters. The molecule has 0 radical (unpaired) electrons. The van der Waals surface area contributed by atoms with Crippen LogP contribution in [0.4, 0.5) is 23.2 Å². The van der Waals surface area contributed by atoms with E-state index in [4.69, 9.17) is 0 Å². The summed E-state index contributed by atoms with van der Waals surface area (Å²) in [6.07, 6.45) is 0.951. The van der Waals surface area contributed by atoms with E-state index in [1.54, 1.807) is 36.4 Å². The van der Waals surface area contributed by atoms with Crippen molar-refractivity contribution in [2.24, 2.45) is 11.3 Å². The van der Waals surface area contributed by atoms with Crippen LogP contribution in [0.5, 0.6) is 0 Å². The Bertz CT molecular complexity index is 1210. The van der Waals surface area contributed by atoms with Crippen molar-refractivity contribution in [3.63, 3.8) is 0 Å². The van der Waals surface area contributed by atoms with Gasteiger partial charge in [0.15, 0.2) is 0 Å². The molecule has 3 saturated carbocycles. The molecule has 3 aliphatic carbocycles. The number of piperidine rings is 1. The Morgan fingerprint density at radius 1 is 1.28 bits per heavy atom. The Morgan fingerprint density at radius 2 is 2.03 bits per heavy atom. The maximum absolute atomic E-state index is 14.7. The van der Waals surface area contributed by atoms with Crippen molar-refractivity contribution in [3.8, 4) is 0 Å². The summed E-state index contributed by atoms with van der Waals surface area (Å²) in [6, 6.07) is 6.19. The van der Waals surface area contributed by atoms with E-state index in [1.165, 1.54) is 0 Å². The summed E-state index contributed by atoms with van der Waals surface area (Å²) in [6.45, 7) is 4.55. The third-order valence-electron chi connectivity index (χ3n) is 7.80. The molecule has 1 aromatic carbocycles. The summed E-state index contributed by atoms with van der Waals surface area (Å²) in [5, 5.41) is 6.92. The van der Waals surface area contributed by atoms with Gasteiger partial charge in [0, 0.05) is 41.5 Å². The van der Waals surface area contributed by atoms with Crippen molar-refractivity contribution in [2.75, 3.05) is 32.0 Å². The number of alkyl halides is 4. The van der Waals surface area contributed by atoms with Crippen LogP contribution in [0.1, 0.15) is 37.1 Å². The monoisotopic (exact) mass is 502 g/mol. The largest absolute Gasteiger partial charge is 0.417 e. The maximum Gasteiger partial charge on any atom is 0.417 e. The highest BCUT2D eigenvalue weighted by atomic mass is 19.4. The number of fused-ring (bicyclic) bond motifs is 1. The Hall–Kier alpha value is -2.94. The fourth-order valence-corrected chi connectivity index (χ4v) is 5.57. The number of halogens is 4. The molecular formula is C27H30F4N4O. The van der Waals surface area contributed by atoms with E-state index in [1.807, 2.05) is 11.9 Å². The molecule has 2 aromatic rings. The quantitative estimate of drug-likeness (QED) is 0.512. The van der Waals surface area contributed by atoms with Gasteiger partial charge >= 0.3 is 6.18 Å². The van der Waals surface area contributed by atoms with Crippen LogP contribution in [0.3, 0.4) is 0 Å². The number of pyridine rings is 1. The van der Waals surface area contributed by atoms with Crippen LogP contribution >= 0.6 is 0 Å². The second-order valence-electron chi connectivity index (χ2n) is 10.5. The fraction of sp³-hybridized carbons (Fsp3) is 0.481. The van der Waals surface area contributed by atoms with E-state index in [-0.39, 0.29) is 23.6 Å². The Balaban J connectivity index is 1.42. The summed E-state index contributed by atoms with van der Waals surface area (Å²) >= 11 is 0. The number of likely N-dealkylation sites (tertiary alicyclic amines) is 1. The van der Waals surface area contributed by atoms with Crippen molar-refractivity contribution >= 4 is 34.0 Å². The second kappa shape index (κ2) is 9.18. The Labute approximate surface area is 207 Å². The van der Waals surface area contributed by atoms with Gasteiger partial charge in [0.05, 0.1) is 23.0 Å². The molecule has 9 heteroatoms. The van der Waals surface area contributed by atoms with Gasteiger partial charge in [0.2, 0.25) is 5.91 Å². The number of rotatable bonds is 7. The SMILES string of the molecule is C=C(c1nc(/C=C/CNC(=O)C23CC(C2)C3)cc2c(N[C@@H]3CCN(C)C[C@@H]3F)cccc12)C(F)(F)F. The van der Waals surface area contributed by atoms with E-state index in [9.17, 15) is 22.4 Å². The predicted molar refractivity (Wildman–Crippen MR) is 133 cm³/mol. The van der Waals surface area contributed by atoms with Crippen LogP contribution in [0.25, 0.3) is 22.4 Å². The van der Waals surface area contributed by atoms with Crippen LogP contribution in [-0.4, -0.2) is 60.9 Å². The smallest absolute Gasteiger partial charge is 0.379 e. The third-order valence-corrected chi connectivity index (χ3v) is 7.80. The van der Waals surface area contributed by atoms with Crippen molar-refractivity contribution < 1.29 is 22.4 Å². The number of carbonyl (C=O) groups is 1. The van der Waals surface area contributed by atoms with Gasteiger partial charge in [-0.15, -0.1) is 0 Å². The molecule has 1 aliphatic heterocycles. The van der Waals surface area contributed by atoms with E-state index in [0.717, 1.165) is 25.8 Å². The van der Waals surface area contributed by atoms with Crippen LogP contribution in [-0.2, 0) is 4.79 Å². The number of nitrogens with zero attached hydrogens (tertiary/aromatic N) is 2. The normalized spacial score (nSPS) is 28.0. The average Bonchev–Trinajstić information content (AvgIpc) is 2.75. The van der Waals surface area contributed by atoms with Crippen molar-refractivity contribution in [1.82, 2.24) is 15.2 Å². The van der Waals surface area contributed by atoms with Gasteiger partial charge in [-0.1, -0.05) is 24.8 Å². The minimum Gasteiger partial charge on any atom is -0.379 e. The minimum atomic E-state index is -4.65. The number of anilines is 1. The molecule has 2 atom stereocenters. The molecule has 1 amide bonds. The molecule has 2 bridgehead atoms. The number of aromatic nitrogens is 1. The molecule has 0 spiro atoms. The van der Waals surface area contributed by atoms with Gasteiger partial charge in [0.25, 0.3) is 0 Å². The van der Waals surface area contributed by atoms with E-state index in [2.05, 4.69) is 22.2 Å². The predicted octanol–water partition coefficient (Wildman–Crippen LogP) is 5.19. The topological polar surface area (TPSA) is 57.3 Å². The van der Waals surface area contributed by atoms with Crippen LogP contribution in [0.15, 0.2) is 36.9 Å². The number of carbonyl (C=O) groups excluding carboxylic acids is 1. The van der Waals surface area contributed by atoms with E-state index >= 15 is 0 Å². The first kappa shape index (κ1) is 24.7. The summed E-state index contributed by atoms with van der Waals surface area (Å²) in [5.74, 6) is 0.732. The summed E-state index contributed by atoms with van der Waals surface area (Å²) in [4.78, 5) is 18.5. The molecule has 36 heavy (non-hydrogen) atoms. The van der Waals surface area contributed by atoms with Crippen LogP contribution in [0, 0.1) is 11.3 Å². The number of allylic oxidation sites excluding steroid dienone is 1. The standard InChI is InChI=1S/C27H30F4N4O/c1-16(27(29,30)31)24-19-6-3-7-22(34-23-8-10-35(2)15-21(23)28)20(19)11-18(33-24)5-4-9-32-25(36)26-12-17(13-26)14-26/h3-7,11,17,21,23,34H,1,8-10,12-15H2,2H3,(H,32,36)/b5-4+/t17?,21-,23+,26?/m0/s1. The van der Waals surface area contributed by atoms with Crippen LogP contribution < -0.4 is 10.6 Å². The zero-order valence-corrected chi connectivity index (χ0v) is 20.2. The van der Waals surface area contributed by atoms with Crippen molar-refractivity contribution in [1.29, 1.82) is 0 Å². The Morgan fingerprint density at radius 3 is 2.67 bits per heavy atom. The highest BCUT2D eigenvalue weighted by molar-refractivity contribution is 6.01. The summed E-state index contributed by atoms with van der Waals surface area (Å²) in [5.41, 5.74) is -0.645. The second-order valence-corrected chi connectivity index (χ2v) is 10.5. The van der Waals surface area contributed by atoms with Gasteiger partial charge in [-0.3, -0.25) is 4.79 Å². The number of hydrogen-bond donors (Lipinski definition) is 2. The van der Waals surface area contributed by atoms with Crippen LogP contribution in [0.2, 0.25) is 0 Å². The first-order valence-electron chi connectivity index (χ1n) is 12.3. The third kappa shape index (κ3) is 4.61. The zero-order valence-electron chi connectivity index (χ0n) is 20.2. The number of nitrogens with one attached hydrogen (secondary N) is 2. The Kier molecular flexibility index (Phi) is 6.31. The molecule has 1 saturated heterocycles. The fourth-order valence-electron chi connectivity index (χ4n) is 5.57. The molecule has 4 aliphatic rings. The van der Waals surface area contributed by atoms with Gasteiger partial charge in [-0.2, -0.15) is 13.2 Å². The van der Waals surface area contributed by atoms with Gasteiger partial charge in [0.1, 0.15) is 6.17 Å². The van der Waals surface area contributed by atoms with Crippen molar-refractivity contribution in [3.05, 3.63) is 48.3 Å². The molecule has 4 fully saturated rings. The summed E-state index contributed by atoms with van der Waals surface area (Å²) < 4.78 is 55.6. The van der Waals surface area contributed by atoms with Gasteiger partial charge in [-0.25, -0.2) is 9.37 Å². The first-order chi connectivity index (χ1) is 17.1. The molecule has 5 nitrogen and oxygen atoms in total. The van der Waals surface area contributed by atoms with E-state index < -0.39 is 24.0 Å². The lowest BCUT2D eigenvalue weighted by molar-refractivity contribution is -0.164.